The van der Waals surface area contributed by atoms with Crippen LogP contribution in [0.1, 0.15) is 62.5 Å². The molecule has 0 nitrogen and oxygen atoms in total. The maximum absolute atomic E-state index is 14.1. The molecular weight excluding hydrogens is 211 g/mol. The minimum absolute atomic E-state index is 0.0380. The Hall–Kier alpha value is -1.11. The summed E-state index contributed by atoms with van der Waals surface area (Å²) in [6, 6.07) is 5.66. The normalized spacial score (nSPS) is 17.1. The highest BCUT2D eigenvalue weighted by Gasteiger charge is 2.18. The number of rotatable bonds is 3. The maximum Gasteiger partial charge on any atom is 0.127 e. The molecule has 1 aromatic carbocycles. The van der Waals surface area contributed by atoms with Crippen molar-refractivity contribution in [3.63, 3.8) is 0 Å². The van der Waals surface area contributed by atoms with Crippen LogP contribution >= 0.6 is 0 Å². The zero-order chi connectivity index (χ0) is 12.3. The fourth-order valence-electron chi connectivity index (χ4n) is 2.70. The average molecular weight is 232 g/mol. The molecule has 1 aromatic rings. The van der Waals surface area contributed by atoms with Gasteiger partial charge in [-0.05, 0) is 47.9 Å². The highest BCUT2D eigenvalue weighted by molar-refractivity contribution is 5.63. The average Bonchev–Trinajstić information content (AvgIpc) is 2.38. The zero-order valence-electron chi connectivity index (χ0n) is 10.6. The molecule has 0 saturated heterocycles. The number of benzene rings is 1. The lowest BCUT2D eigenvalue weighted by Crippen LogP contribution is -2.06. The summed E-state index contributed by atoms with van der Waals surface area (Å²) >= 11 is 0. The molecule has 0 atom stereocenters. The highest BCUT2D eigenvalue weighted by atomic mass is 19.1. The molecule has 0 aliphatic heterocycles. The molecule has 0 aromatic heterocycles. The Labute approximate surface area is 104 Å². The second-order valence-electron chi connectivity index (χ2n) is 5.03. The molecule has 1 aliphatic carbocycles. The van der Waals surface area contributed by atoms with Crippen LogP contribution in [0.15, 0.2) is 24.8 Å². The molecule has 0 bridgehead atoms. The van der Waals surface area contributed by atoms with Crippen LogP contribution in [-0.2, 0) is 0 Å². The molecule has 2 rings (SSSR count). The monoisotopic (exact) mass is 232 g/mol. The SMILES string of the molecule is C=C(CC)c1ccc(C2CCCCC2)c(F)c1. The first kappa shape index (κ1) is 12.3. The molecule has 0 N–H and O–H groups in total. The third-order valence-corrected chi connectivity index (χ3v) is 3.88. The van der Waals surface area contributed by atoms with E-state index in [9.17, 15) is 4.39 Å². The summed E-state index contributed by atoms with van der Waals surface area (Å²) in [5.41, 5.74) is 2.88. The van der Waals surface area contributed by atoms with Crippen molar-refractivity contribution in [1.82, 2.24) is 0 Å². The summed E-state index contributed by atoms with van der Waals surface area (Å²) in [6.45, 7) is 6.01. The van der Waals surface area contributed by atoms with E-state index < -0.39 is 0 Å². The van der Waals surface area contributed by atoms with Crippen LogP contribution < -0.4 is 0 Å². The van der Waals surface area contributed by atoms with Gasteiger partial charge in [-0.1, -0.05) is 44.9 Å². The zero-order valence-corrected chi connectivity index (χ0v) is 10.6. The second-order valence-corrected chi connectivity index (χ2v) is 5.03. The van der Waals surface area contributed by atoms with Gasteiger partial charge in [0, 0.05) is 0 Å². The molecular formula is C16H21F. The number of hydrogen-bond acceptors (Lipinski definition) is 0. The van der Waals surface area contributed by atoms with Crippen LogP contribution in [-0.4, -0.2) is 0 Å². The van der Waals surface area contributed by atoms with Crippen molar-refractivity contribution in [1.29, 1.82) is 0 Å². The van der Waals surface area contributed by atoms with Crippen molar-refractivity contribution in [2.75, 3.05) is 0 Å². The predicted molar refractivity (Wildman–Crippen MR) is 71.6 cm³/mol. The molecule has 0 amide bonds. The van der Waals surface area contributed by atoms with Gasteiger partial charge in [0.05, 0.1) is 0 Å². The summed E-state index contributed by atoms with van der Waals surface area (Å²) in [4.78, 5) is 0. The number of hydrogen-bond donors (Lipinski definition) is 0. The summed E-state index contributed by atoms with van der Waals surface area (Å²) in [5, 5.41) is 0. The van der Waals surface area contributed by atoms with Gasteiger partial charge in [0.2, 0.25) is 0 Å². The second kappa shape index (κ2) is 5.48. The van der Waals surface area contributed by atoms with Gasteiger partial charge in [0.25, 0.3) is 0 Å². The molecule has 0 unspecified atom stereocenters. The Morgan fingerprint density at radius 1 is 1.29 bits per heavy atom. The molecule has 1 aliphatic rings. The van der Waals surface area contributed by atoms with Crippen LogP contribution in [0.25, 0.3) is 5.57 Å². The predicted octanol–water partition coefficient (Wildman–Crippen LogP) is 5.30. The van der Waals surface area contributed by atoms with Crippen LogP contribution in [0.3, 0.4) is 0 Å². The standard InChI is InChI=1S/C16H21F/c1-3-12(2)14-9-10-15(16(17)11-14)13-7-5-4-6-8-13/h9-11,13H,2-8H2,1H3. The van der Waals surface area contributed by atoms with E-state index in [-0.39, 0.29) is 5.82 Å². The van der Waals surface area contributed by atoms with Crippen LogP contribution in [0, 0.1) is 5.82 Å². The van der Waals surface area contributed by atoms with Crippen LogP contribution in [0.2, 0.25) is 0 Å². The third kappa shape index (κ3) is 2.77. The van der Waals surface area contributed by atoms with Crippen molar-refractivity contribution in [3.8, 4) is 0 Å². The largest absolute Gasteiger partial charge is 0.207 e. The molecule has 17 heavy (non-hydrogen) atoms. The lowest BCUT2D eigenvalue weighted by atomic mass is 9.83. The third-order valence-electron chi connectivity index (χ3n) is 3.88. The lowest BCUT2D eigenvalue weighted by Gasteiger charge is -2.22. The fraction of sp³-hybridized carbons (Fsp3) is 0.500. The molecule has 0 radical (unpaired) electrons. The van der Waals surface area contributed by atoms with Gasteiger partial charge in [0.1, 0.15) is 5.82 Å². The van der Waals surface area contributed by atoms with Crippen LogP contribution in [0.4, 0.5) is 4.39 Å². The van der Waals surface area contributed by atoms with Crippen molar-refractivity contribution >= 4 is 5.57 Å². The smallest absolute Gasteiger partial charge is 0.127 e. The summed E-state index contributed by atoms with van der Waals surface area (Å²) in [6.07, 6.45) is 6.96. The van der Waals surface area contributed by atoms with Gasteiger partial charge in [-0.15, -0.1) is 0 Å². The van der Waals surface area contributed by atoms with Crippen molar-refractivity contribution < 1.29 is 4.39 Å². The quantitative estimate of drug-likeness (QED) is 0.663. The Balaban J connectivity index is 2.21. The van der Waals surface area contributed by atoms with E-state index in [4.69, 9.17) is 0 Å². The summed E-state index contributed by atoms with van der Waals surface area (Å²) < 4.78 is 14.1. The Morgan fingerprint density at radius 2 is 2.00 bits per heavy atom. The van der Waals surface area contributed by atoms with E-state index in [1.807, 2.05) is 12.1 Å². The van der Waals surface area contributed by atoms with Crippen molar-refractivity contribution in [2.24, 2.45) is 0 Å². The van der Waals surface area contributed by atoms with E-state index in [0.29, 0.717) is 5.92 Å². The summed E-state index contributed by atoms with van der Waals surface area (Å²) in [5.74, 6) is 0.400. The van der Waals surface area contributed by atoms with Gasteiger partial charge >= 0.3 is 0 Å². The first-order valence-corrected chi connectivity index (χ1v) is 6.70. The van der Waals surface area contributed by atoms with Crippen molar-refractivity contribution in [2.45, 2.75) is 51.4 Å². The first-order valence-electron chi connectivity index (χ1n) is 6.70. The minimum Gasteiger partial charge on any atom is -0.207 e. The molecule has 92 valence electrons. The van der Waals surface area contributed by atoms with Crippen LogP contribution in [0.5, 0.6) is 0 Å². The van der Waals surface area contributed by atoms with E-state index in [1.54, 1.807) is 6.07 Å². The van der Waals surface area contributed by atoms with E-state index in [2.05, 4.69) is 13.5 Å². The van der Waals surface area contributed by atoms with E-state index >= 15 is 0 Å². The molecule has 0 spiro atoms. The topological polar surface area (TPSA) is 0 Å². The van der Waals surface area contributed by atoms with Gasteiger partial charge in [0.15, 0.2) is 0 Å². The Bertz CT molecular complexity index is 400. The first-order chi connectivity index (χ1) is 8.22. The lowest BCUT2D eigenvalue weighted by molar-refractivity contribution is 0.429. The fourth-order valence-corrected chi connectivity index (χ4v) is 2.70. The molecule has 0 heterocycles. The number of allylic oxidation sites excluding steroid dienone is 1. The Morgan fingerprint density at radius 3 is 2.59 bits per heavy atom. The Kier molecular flexibility index (Phi) is 3.98. The van der Waals surface area contributed by atoms with Gasteiger partial charge in [-0.2, -0.15) is 0 Å². The van der Waals surface area contributed by atoms with Crippen molar-refractivity contribution in [3.05, 3.63) is 41.7 Å². The van der Waals surface area contributed by atoms with Gasteiger partial charge in [-0.3, -0.25) is 0 Å². The molecule has 1 fully saturated rings. The van der Waals surface area contributed by atoms with Gasteiger partial charge in [-0.25, -0.2) is 4.39 Å². The maximum atomic E-state index is 14.1. The minimum atomic E-state index is -0.0380. The van der Waals surface area contributed by atoms with Gasteiger partial charge < -0.3 is 0 Å². The molecule has 1 saturated carbocycles. The number of halogens is 1. The van der Waals surface area contributed by atoms with E-state index in [1.165, 1.54) is 19.3 Å². The molecule has 1 heteroatoms. The van der Waals surface area contributed by atoms with E-state index in [0.717, 1.165) is 36.0 Å². The highest BCUT2D eigenvalue weighted by Crippen LogP contribution is 2.34. The summed E-state index contributed by atoms with van der Waals surface area (Å²) in [7, 11) is 0.